The number of para-hydroxylation sites is 1. The third-order valence-electron chi connectivity index (χ3n) is 3.93. The average Bonchev–Trinajstić information content (AvgIpc) is 3.19. The molecule has 0 atom stereocenters. The van der Waals surface area contributed by atoms with Gasteiger partial charge in [0.25, 0.3) is 5.56 Å². The second-order valence-electron chi connectivity index (χ2n) is 5.58. The van der Waals surface area contributed by atoms with Gasteiger partial charge in [-0.15, -0.1) is 0 Å². The number of aromatic nitrogens is 2. The first kappa shape index (κ1) is 17.9. The van der Waals surface area contributed by atoms with Crippen molar-refractivity contribution in [3.05, 3.63) is 46.4 Å². The van der Waals surface area contributed by atoms with E-state index in [1.165, 1.54) is 0 Å². The van der Waals surface area contributed by atoms with Gasteiger partial charge in [-0.25, -0.2) is 4.68 Å². The molecule has 0 radical (unpaired) electrons. The monoisotopic (exact) mass is 376 g/mol. The van der Waals surface area contributed by atoms with Crippen LogP contribution >= 0.6 is 23.5 Å². The SMILES string of the molecule is Cc1c(NC(=O)CCSC2=NCCS2)c(=O)n(-c2ccccc2)n1C. The largest absolute Gasteiger partial charge is 0.320 e. The van der Waals surface area contributed by atoms with Gasteiger partial charge in [0.15, 0.2) is 0 Å². The normalized spacial score (nSPS) is 13.8. The first-order chi connectivity index (χ1) is 12.1. The number of hydrogen-bond donors (Lipinski definition) is 1. The quantitative estimate of drug-likeness (QED) is 0.871. The maximum absolute atomic E-state index is 12.7. The van der Waals surface area contributed by atoms with Gasteiger partial charge in [0, 0.05) is 25.0 Å². The molecule has 3 rings (SSSR count). The zero-order valence-corrected chi connectivity index (χ0v) is 15.8. The van der Waals surface area contributed by atoms with Gasteiger partial charge in [0.05, 0.1) is 17.9 Å². The molecule has 0 unspecified atom stereocenters. The van der Waals surface area contributed by atoms with Crippen molar-refractivity contribution in [2.24, 2.45) is 12.0 Å². The van der Waals surface area contributed by atoms with Crippen LogP contribution in [0.1, 0.15) is 12.1 Å². The van der Waals surface area contributed by atoms with E-state index in [2.05, 4.69) is 10.3 Å². The molecule has 1 amide bonds. The van der Waals surface area contributed by atoms with Crippen molar-refractivity contribution in [1.29, 1.82) is 0 Å². The third kappa shape index (κ3) is 4.01. The van der Waals surface area contributed by atoms with E-state index in [1.54, 1.807) is 32.9 Å². The lowest BCUT2D eigenvalue weighted by atomic mass is 10.3. The first-order valence-corrected chi connectivity index (χ1v) is 9.99. The molecule has 0 spiro atoms. The van der Waals surface area contributed by atoms with E-state index in [0.717, 1.165) is 28.1 Å². The fraction of sp³-hybridized carbons (Fsp3) is 0.353. The number of carbonyl (C=O) groups is 1. The molecule has 2 aromatic rings. The van der Waals surface area contributed by atoms with Crippen molar-refractivity contribution in [3.63, 3.8) is 0 Å². The van der Waals surface area contributed by atoms with Crippen molar-refractivity contribution in [1.82, 2.24) is 9.36 Å². The summed E-state index contributed by atoms with van der Waals surface area (Å²) in [4.78, 5) is 29.3. The number of anilines is 1. The number of amides is 1. The Kier molecular flexibility index (Phi) is 5.70. The van der Waals surface area contributed by atoms with E-state index >= 15 is 0 Å². The Morgan fingerprint density at radius 2 is 2.12 bits per heavy atom. The topological polar surface area (TPSA) is 68.4 Å². The molecule has 1 aliphatic rings. The highest BCUT2D eigenvalue weighted by Crippen LogP contribution is 2.22. The Balaban J connectivity index is 1.70. The van der Waals surface area contributed by atoms with Crippen LogP contribution in [-0.2, 0) is 11.8 Å². The van der Waals surface area contributed by atoms with E-state index < -0.39 is 0 Å². The maximum atomic E-state index is 12.7. The summed E-state index contributed by atoms with van der Waals surface area (Å²) in [5, 5.41) is 2.78. The van der Waals surface area contributed by atoms with Gasteiger partial charge in [-0.05, 0) is 19.1 Å². The minimum absolute atomic E-state index is 0.151. The van der Waals surface area contributed by atoms with Crippen LogP contribution in [0.2, 0.25) is 0 Å². The van der Waals surface area contributed by atoms with Crippen molar-refractivity contribution in [3.8, 4) is 5.69 Å². The van der Waals surface area contributed by atoms with Crippen LogP contribution in [0.15, 0.2) is 40.1 Å². The molecular weight excluding hydrogens is 356 g/mol. The van der Waals surface area contributed by atoms with Crippen LogP contribution in [0.5, 0.6) is 0 Å². The Morgan fingerprint density at radius 3 is 2.80 bits per heavy atom. The van der Waals surface area contributed by atoms with Crippen molar-refractivity contribution >= 4 is 39.5 Å². The Labute approximate surface area is 154 Å². The Hall–Kier alpha value is -1.93. The van der Waals surface area contributed by atoms with Gasteiger partial charge in [-0.1, -0.05) is 41.7 Å². The van der Waals surface area contributed by atoms with Crippen molar-refractivity contribution < 1.29 is 4.79 Å². The van der Waals surface area contributed by atoms with Gasteiger partial charge in [0.2, 0.25) is 5.91 Å². The summed E-state index contributed by atoms with van der Waals surface area (Å²) in [6.45, 7) is 2.69. The van der Waals surface area contributed by atoms with E-state index in [1.807, 2.05) is 44.3 Å². The van der Waals surface area contributed by atoms with E-state index in [0.29, 0.717) is 17.9 Å². The van der Waals surface area contributed by atoms with Crippen molar-refractivity contribution in [2.45, 2.75) is 13.3 Å². The van der Waals surface area contributed by atoms with Gasteiger partial charge >= 0.3 is 0 Å². The minimum atomic E-state index is -0.220. The van der Waals surface area contributed by atoms with Crippen LogP contribution in [0, 0.1) is 6.92 Å². The molecular formula is C17H20N4O2S2. The second kappa shape index (κ2) is 7.97. The van der Waals surface area contributed by atoms with E-state index in [4.69, 9.17) is 0 Å². The molecule has 25 heavy (non-hydrogen) atoms. The number of nitrogens with one attached hydrogen (secondary N) is 1. The molecule has 0 fully saturated rings. The molecule has 0 bridgehead atoms. The molecule has 132 valence electrons. The van der Waals surface area contributed by atoms with Gasteiger partial charge in [0.1, 0.15) is 10.1 Å². The zero-order valence-electron chi connectivity index (χ0n) is 14.2. The van der Waals surface area contributed by atoms with Crippen LogP contribution in [0.3, 0.4) is 0 Å². The molecule has 8 heteroatoms. The van der Waals surface area contributed by atoms with E-state index in [9.17, 15) is 9.59 Å². The second-order valence-corrected chi connectivity index (χ2v) is 8.00. The highest BCUT2D eigenvalue weighted by Gasteiger charge is 2.18. The van der Waals surface area contributed by atoms with Gasteiger partial charge in [-0.3, -0.25) is 19.3 Å². The summed E-state index contributed by atoms with van der Waals surface area (Å²) in [5.41, 5.74) is 1.62. The molecule has 0 saturated heterocycles. The molecule has 0 saturated carbocycles. The molecule has 1 N–H and O–H groups in total. The highest BCUT2D eigenvalue weighted by molar-refractivity contribution is 8.39. The molecule has 1 aromatic carbocycles. The Morgan fingerprint density at radius 1 is 1.36 bits per heavy atom. The summed E-state index contributed by atoms with van der Waals surface area (Å²) in [5.74, 6) is 1.54. The van der Waals surface area contributed by atoms with E-state index in [-0.39, 0.29) is 11.5 Å². The van der Waals surface area contributed by atoms with Crippen molar-refractivity contribution in [2.75, 3.05) is 23.4 Å². The Bertz CT molecular complexity index is 856. The molecule has 1 aliphatic heterocycles. The van der Waals surface area contributed by atoms with Gasteiger partial charge < -0.3 is 5.32 Å². The number of carbonyl (C=O) groups excluding carboxylic acids is 1. The highest BCUT2D eigenvalue weighted by atomic mass is 32.2. The summed E-state index contributed by atoms with van der Waals surface area (Å²) < 4.78 is 4.37. The summed E-state index contributed by atoms with van der Waals surface area (Å²) in [6, 6.07) is 9.39. The van der Waals surface area contributed by atoms with Crippen LogP contribution in [0.4, 0.5) is 5.69 Å². The predicted molar refractivity (Wildman–Crippen MR) is 106 cm³/mol. The molecule has 1 aromatic heterocycles. The van der Waals surface area contributed by atoms with Gasteiger partial charge in [-0.2, -0.15) is 0 Å². The fourth-order valence-corrected chi connectivity index (χ4v) is 4.57. The number of aliphatic imine (C=N–C) groups is 1. The number of hydrogen-bond acceptors (Lipinski definition) is 5. The van der Waals surface area contributed by atoms with Crippen LogP contribution in [0.25, 0.3) is 5.69 Å². The lowest BCUT2D eigenvalue weighted by molar-refractivity contribution is -0.115. The summed E-state index contributed by atoms with van der Waals surface area (Å²) >= 11 is 3.33. The number of thioether (sulfide) groups is 2. The number of rotatable bonds is 5. The maximum Gasteiger partial charge on any atom is 0.295 e. The summed E-state index contributed by atoms with van der Waals surface area (Å²) in [7, 11) is 1.81. The summed E-state index contributed by atoms with van der Waals surface area (Å²) in [6.07, 6.45) is 0.351. The minimum Gasteiger partial charge on any atom is -0.320 e. The number of nitrogens with zero attached hydrogens (tertiary/aromatic N) is 3. The zero-order chi connectivity index (χ0) is 17.8. The third-order valence-corrected chi connectivity index (χ3v) is 6.19. The smallest absolute Gasteiger partial charge is 0.295 e. The molecule has 6 nitrogen and oxygen atoms in total. The predicted octanol–water partition coefficient (Wildman–Crippen LogP) is 2.65. The molecule has 0 aliphatic carbocycles. The number of benzene rings is 1. The first-order valence-electron chi connectivity index (χ1n) is 8.02. The lowest BCUT2D eigenvalue weighted by Crippen LogP contribution is -2.23. The van der Waals surface area contributed by atoms with Crippen LogP contribution < -0.4 is 10.9 Å². The lowest BCUT2D eigenvalue weighted by Gasteiger charge is -2.07. The van der Waals surface area contributed by atoms with Crippen LogP contribution in [-0.4, -0.2) is 37.7 Å². The fourth-order valence-electron chi connectivity index (χ4n) is 2.55. The average molecular weight is 377 g/mol. The molecule has 2 heterocycles. The standard InChI is InChI=1S/C17H20N4O2S2/c1-12-15(19-14(22)8-10-24-17-18-9-11-25-17)16(23)21(20(12)2)13-6-4-3-5-7-13/h3-7H,8-11H2,1-2H3,(H,19,22).